The first-order valence-electron chi connectivity index (χ1n) is 11.1. The average molecular weight is 559 g/mol. The minimum absolute atomic E-state index is 0. The van der Waals surface area contributed by atoms with Gasteiger partial charge in [-0.1, -0.05) is 26.7 Å². The van der Waals surface area contributed by atoms with Crippen molar-refractivity contribution >= 4 is 46.8 Å². The van der Waals surface area contributed by atoms with Crippen LogP contribution in [0.4, 0.5) is 4.79 Å². The van der Waals surface area contributed by atoms with Crippen molar-refractivity contribution in [2.24, 2.45) is 4.99 Å². The van der Waals surface area contributed by atoms with Crippen LogP contribution in [0.5, 0.6) is 0 Å². The summed E-state index contributed by atoms with van der Waals surface area (Å²) in [6.45, 7) is 12.9. The van der Waals surface area contributed by atoms with E-state index in [-0.39, 0.29) is 41.3 Å². The van der Waals surface area contributed by atoms with Crippen LogP contribution < -0.4 is 16.0 Å². The molecule has 1 saturated carbocycles. The van der Waals surface area contributed by atoms with Crippen LogP contribution >= 0.6 is 24.0 Å². The molecular formula is C21H43IN4O3S. The average Bonchev–Trinajstić information content (AvgIpc) is 2.64. The molecule has 0 aliphatic heterocycles. The van der Waals surface area contributed by atoms with Crippen LogP contribution in [-0.2, 0) is 15.5 Å². The molecule has 4 unspecified atom stereocenters. The topological polar surface area (TPSA) is 91.8 Å². The summed E-state index contributed by atoms with van der Waals surface area (Å²) >= 11 is 0. The molecular weight excluding hydrogens is 515 g/mol. The highest BCUT2D eigenvalue weighted by Gasteiger charge is 2.26. The molecule has 0 heterocycles. The minimum atomic E-state index is -0.743. The fourth-order valence-corrected chi connectivity index (χ4v) is 4.85. The minimum Gasteiger partial charge on any atom is -0.444 e. The van der Waals surface area contributed by atoms with Crippen molar-refractivity contribution in [3.8, 4) is 0 Å². The van der Waals surface area contributed by atoms with E-state index in [1.165, 1.54) is 0 Å². The van der Waals surface area contributed by atoms with Gasteiger partial charge < -0.3 is 20.7 Å². The van der Waals surface area contributed by atoms with Crippen molar-refractivity contribution in [1.82, 2.24) is 16.0 Å². The third-order valence-corrected chi connectivity index (χ3v) is 6.54. The number of carbonyl (C=O) groups is 1. The number of aliphatic imine (C=N–C) groups is 1. The Kier molecular flexibility index (Phi) is 15.0. The molecule has 1 fully saturated rings. The van der Waals surface area contributed by atoms with Crippen LogP contribution in [0, 0.1) is 0 Å². The molecule has 1 amide bonds. The van der Waals surface area contributed by atoms with Gasteiger partial charge in [-0.15, -0.1) is 24.0 Å². The third kappa shape index (κ3) is 12.3. The molecule has 0 saturated heterocycles. The van der Waals surface area contributed by atoms with Crippen molar-refractivity contribution in [2.45, 2.75) is 103 Å². The van der Waals surface area contributed by atoms with E-state index in [0.717, 1.165) is 56.8 Å². The second-order valence-electron chi connectivity index (χ2n) is 8.65. The Bertz CT molecular complexity index is 555. The summed E-state index contributed by atoms with van der Waals surface area (Å²) in [7, 11) is -0.743. The van der Waals surface area contributed by atoms with Crippen LogP contribution in [-0.4, -0.2) is 58.0 Å². The maximum Gasteiger partial charge on any atom is 0.407 e. The number of carbonyl (C=O) groups excluding carboxylic acids is 1. The summed E-state index contributed by atoms with van der Waals surface area (Å²) in [5, 5.41) is 10.0. The van der Waals surface area contributed by atoms with Gasteiger partial charge in [0.15, 0.2) is 5.96 Å². The van der Waals surface area contributed by atoms with E-state index in [1.807, 2.05) is 34.6 Å². The molecule has 0 aromatic rings. The molecule has 7 nitrogen and oxygen atoms in total. The molecule has 1 aliphatic rings. The molecule has 0 bridgehead atoms. The van der Waals surface area contributed by atoms with Gasteiger partial charge in [-0.3, -0.25) is 9.20 Å². The summed E-state index contributed by atoms with van der Waals surface area (Å²) in [5.74, 6) is 1.48. The molecule has 3 N–H and O–H groups in total. The highest BCUT2D eigenvalue weighted by atomic mass is 127. The van der Waals surface area contributed by atoms with E-state index in [0.29, 0.717) is 6.54 Å². The lowest BCUT2D eigenvalue weighted by atomic mass is 9.95. The summed E-state index contributed by atoms with van der Waals surface area (Å²) in [5.41, 5.74) is -0.517. The monoisotopic (exact) mass is 558 g/mol. The molecule has 0 spiro atoms. The van der Waals surface area contributed by atoms with Gasteiger partial charge in [0.2, 0.25) is 0 Å². The molecule has 30 heavy (non-hydrogen) atoms. The Labute approximate surface area is 202 Å². The third-order valence-electron chi connectivity index (χ3n) is 4.80. The summed E-state index contributed by atoms with van der Waals surface area (Å²) in [6, 6.07) is 0.211. The van der Waals surface area contributed by atoms with Crippen molar-refractivity contribution in [2.75, 3.05) is 18.8 Å². The number of guanidine groups is 1. The number of amides is 1. The maximum atomic E-state index is 12.2. The highest BCUT2D eigenvalue weighted by Crippen LogP contribution is 2.23. The Morgan fingerprint density at radius 1 is 1.23 bits per heavy atom. The smallest absolute Gasteiger partial charge is 0.407 e. The molecule has 0 radical (unpaired) electrons. The van der Waals surface area contributed by atoms with Crippen LogP contribution in [0.2, 0.25) is 0 Å². The SMILES string of the molecule is CCCC(CN=C(NCC)NC1CCCC(S(=O)CC)C1)NC(=O)OC(C)(C)C.I. The van der Waals surface area contributed by atoms with Crippen LogP contribution in [0.1, 0.15) is 80.1 Å². The first-order valence-corrected chi connectivity index (χ1v) is 12.5. The van der Waals surface area contributed by atoms with Crippen molar-refractivity contribution in [3.05, 3.63) is 0 Å². The summed E-state index contributed by atoms with van der Waals surface area (Å²) in [4.78, 5) is 16.8. The van der Waals surface area contributed by atoms with Crippen molar-refractivity contribution < 1.29 is 13.7 Å². The van der Waals surface area contributed by atoms with E-state index in [4.69, 9.17) is 9.73 Å². The van der Waals surface area contributed by atoms with Gasteiger partial charge in [0.05, 0.1) is 12.6 Å². The van der Waals surface area contributed by atoms with Gasteiger partial charge in [0.25, 0.3) is 0 Å². The fourth-order valence-electron chi connectivity index (χ4n) is 3.50. The van der Waals surface area contributed by atoms with Gasteiger partial charge in [-0.05, 0) is 53.4 Å². The summed E-state index contributed by atoms with van der Waals surface area (Å²) in [6.07, 6.45) is 5.50. The number of rotatable bonds is 9. The van der Waals surface area contributed by atoms with Crippen molar-refractivity contribution in [1.29, 1.82) is 0 Å². The number of nitrogens with zero attached hydrogens (tertiary/aromatic N) is 1. The fraction of sp³-hybridized carbons (Fsp3) is 0.905. The standard InChI is InChI=1S/C21H42N4O3S.HI/c1-7-11-17(25-20(26)28-21(4,5)6)15-23-19(22-8-2)24-16-12-10-13-18(14-16)29(27)9-3;/h16-18H,7-15H2,1-6H3,(H,25,26)(H2,22,23,24);1H. The number of ether oxygens (including phenoxy) is 1. The quantitative estimate of drug-likeness (QED) is 0.227. The molecule has 4 atom stereocenters. The first-order chi connectivity index (χ1) is 13.7. The lowest BCUT2D eigenvalue weighted by Crippen LogP contribution is -2.47. The predicted molar refractivity (Wildman–Crippen MR) is 137 cm³/mol. The maximum absolute atomic E-state index is 12.2. The van der Waals surface area contributed by atoms with Gasteiger partial charge in [0.1, 0.15) is 5.60 Å². The number of halogens is 1. The van der Waals surface area contributed by atoms with Gasteiger partial charge in [-0.2, -0.15) is 0 Å². The Hall–Kier alpha value is -0.580. The zero-order valence-electron chi connectivity index (χ0n) is 19.6. The lowest BCUT2D eigenvalue weighted by molar-refractivity contribution is 0.0503. The zero-order chi connectivity index (χ0) is 21.9. The van der Waals surface area contributed by atoms with E-state index < -0.39 is 22.5 Å². The van der Waals surface area contributed by atoms with E-state index in [9.17, 15) is 9.00 Å². The van der Waals surface area contributed by atoms with Crippen LogP contribution in [0.3, 0.4) is 0 Å². The molecule has 1 aliphatic carbocycles. The second-order valence-corrected chi connectivity index (χ2v) is 10.7. The van der Waals surface area contributed by atoms with E-state index in [2.05, 4.69) is 22.9 Å². The van der Waals surface area contributed by atoms with Gasteiger partial charge in [0, 0.05) is 34.4 Å². The van der Waals surface area contributed by atoms with E-state index in [1.54, 1.807) is 0 Å². The van der Waals surface area contributed by atoms with Gasteiger partial charge >= 0.3 is 6.09 Å². The van der Waals surface area contributed by atoms with Crippen molar-refractivity contribution in [3.63, 3.8) is 0 Å². The lowest BCUT2D eigenvalue weighted by Gasteiger charge is -2.30. The molecule has 0 aromatic carbocycles. The number of hydrogen-bond acceptors (Lipinski definition) is 4. The first kappa shape index (κ1) is 29.4. The largest absolute Gasteiger partial charge is 0.444 e. The number of alkyl carbamates (subject to hydrolysis) is 1. The number of hydrogen-bond donors (Lipinski definition) is 3. The molecule has 1 rings (SSSR count). The number of nitrogens with one attached hydrogen (secondary N) is 3. The normalized spacial score (nSPS) is 21.7. The Morgan fingerprint density at radius 2 is 1.93 bits per heavy atom. The van der Waals surface area contributed by atoms with Crippen LogP contribution in [0.15, 0.2) is 4.99 Å². The zero-order valence-corrected chi connectivity index (χ0v) is 22.7. The molecule has 0 aromatic heterocycles. The van der Waals surface area contributed by atoms with E-state index >= 15 is 0 Å². The second kappa shape index (κ2) is 15.3. The molecule has 178 valence electrons. The van der Waals surface area contributed by atoms with Gasteiger partial charge in [-0.25, -0.2) is 4.79 Å². The van der Waals surface area contributed by atoms with Crippen LogP contribution in [0.25, 0.3) is 0 Å². The summed E-state index contributed by atoms with van der Waals surface area (Å²) < 4.78 is 17.6. The molecule has 9 heteroatoms. The Morgan fingerprint density at radius 3 is 2.50 bits per heavy atom. The highest BCUT2D eigenvalue weighted by molar-refractivity contribution is 14.0. The Balaban J connectivity index is 0.00000841. The predicted octanol–water partition coefficient (Wildman–Crippen LogP) is 3.93.